The van der Waals surface area contributed by atoms with Crippen LogP contribution >= 0.6 is 11.6 Å². The van der Waals surface area contributed by atoms with Gasteiger partial charge in [0.05, 0.1) is 22.8 Å². The molecule has 0 amide bonds. The molecule has 4 rings (SSSR count). The lowest BCUT2D eigenvalue weighted by atomic mass is 9.86. The maximum atomic E-state index is 11.3. The summed E-state index contributed by atoms with van der Waals surface area (Å²) in [5, 5.41) is 13.1. The van der Waals surface area contributed by atoms with Crippen LogP contribution in [0.4, 0.5) is 5.95 Å². The number of nitrogens with zero attached hydrogens (tertiary/aromatic N) is 2. The molecule has 0 radical (unpaired) electrons. The van der Waals surface area contributed by atoms with Gasteiger partial charge in [-0.3, -0.25) is 4.79 Å². The van der Waals surface area contributed by atoms with E-state index in [0.717, 1.165) is 36.0 Å². The number of halogens is 1. The number of nitrogens with one attached hydrogen (secondary N) is 1. The minimum absolute atomic E-state index is 0.0505. The number of hydrogen-bond donors (Lipinski definition) is 2. The molecule has 2 unspecified atom stereocenters. The third-order valence-corrected chi connectivity index (χ3v) is 5.62. The summed E-state index contributed by atoms with van der Waals surface area (Å²) in [6, 6.07) is 18.3. The Balaban J connectivity index is 1.58. The van der Waals surface area contributed by atoms with Gasteiger partial charge >= 0.3 is 5.97 Å². The van der Waals surface area contributed by atoms with E-state index >= 15 is 0 Å². The Bertz CT molecular complexity index is 1010. The maximum absolute atomic E-state index is 11.3. The molecule has 1 aromatic heterocycles. The van der Waals surface area contributed by atoms with Gasteiger partial charge in [0.2, 0.25) is 5.95 Å². The lowest BCUT2D eigenvalue weighted by molar-refractivity contribution is -0.142. The van der Waals surface area contributed by atoms with Crippen LogP contribution in [0.15, 0.2) is 60.8 Å². The van der Waals surface area contributed by atoms with E-state index in [1.54, 1.807) is 6.20 Å². The Hall–Kier alpha value is -2.92. The van der Waals surface area contributed by atoms with Crippen LogP contribution in [0.3, 0.4) is 0 Å². The summed E-state index contributed by atoms with van der Waals surface area (Å²) in [6.45, 7) is 0. The first-order valence-electron chi connectivity index (χ1n) is 9.78. The van der Waals surface area contributed by atoms with Crippen LogP contribution in [0.1, 0.15) is 25.7 Å². The molecule has 1 saturated carbocycles. The van der Waals surface area contributed by atoms with Gasteiger partial charge in [0.25, 0.3) is 0 Å². The van der Waals surface area contributed by atoms with Gasteiger partial charge in [-0.05, 0) is 36.5 Å². The van der Waals surface area contributed by atoms with Crippen LogP contribution < -0.4 is 5.32 Å². The van der Waals surface area contributed by atoms with Gasteiger partial charge in [0.1, 0.15) is 0 Å². The molecule has 0 bridgehead atoms. The van der Waals surface area contributed by atoms with Crippen molar-refractivity contribution in [1.82, 2.24) is 9.97 Å². The number of aliphatic carboxylic acids is 1. The quantitative estimate of drug-likeness (QED) is 0.582. The molecule has 1 fully saturated rings. The molecule has 29 heavy (non-hydrogen) atoms. The van der Waals surface area contributed by atoms with E-state index in [1.165, 1.54) is 0 Å². The molecule has 1 aliphatic rings. The fraction of sp³-hybridized carbons (Fsp3) is 0.261. The molecule has 2 atom stereocenters. The van der Waals surface area contributed by atoms with Crippen molar-refractivity contribution in [3.63, 3.8) is 0 Å². The molecule has 1 heterocycles. The Morgan fingerprint density at radius 2 is 1.79 bits per heavy atom. The zero-order valence-corrected chi connectivity index (χ0v) is 16.6. The van der Waals surface area contributed by atoms with Gasteiger partial charge in [-0.1, -0.05) is 66.6 Å². The van der Waals surface area contributed by atoms with E-state index in [4.69, 9.17) is 11.6 Å². The lowest BCUT2D eigenvalue weighted by Crippen LogP contribution is -2.31. The number of anilines is 1. The van der Waals surface area contributed by atoms with E-state index < -0.39 is 5.97 Å². The van der Waals surface area contributed by atoms with Crippen molar-refractivity contribution in [3.8, 4) is 22.4 Å². The SMILES string of the molecule is O=C(O)C1CCCC(Nc2ncc(Cl)c(-c3cccc(-c4ccccc4)c3)n2)C1. The Labute approximate surface area is 174 Å². The van der Waals surface area contributed by atoms with Crippen LogP contribution in [0, 0.1) is 5.92 Å². The zero-order valence-electron chi connectivity index (χ0n) is 15.9. The highest BCUT2D eigenvalue weighted by Gasteiger charge is 2.27. The number of rotatable bonds is 5. The van der Waals surface area contributed by atoms with Gasteiger partial charge in [-0.15, -0.1) is 0 Å². The topological polar surface area (TPSA) is 75.1 Å². The highest BCUT2D eigenvalue weighted by molar-refractivity contribution is 6.32. The van der Waals surface area contributed by atoms with Crippen molar-refractivity contribution < 1.29 is 9.90 Å². The van der Waals surface area contributed by atoms with E-state index in [1.807, 2.05) is 30.3 Å². The molecule has 6 heteroatoms. The van der Waals surface area contributed by atoms with Gasteiger partial charge < -0.3 is 10.4 Å². The van der Waals surface area contributed by atoms with Crippen molar-refractivity contribution in [1.29, 1.82) is 0 Å². The number of carbonyl (C=O) groups is 1. The van der Waals surface area contributed by atoms with Crippen molar-refractivity contribution >= 4 is 23.5 Å². The van der Waals surface area contributed by atoms with Gasteiger partial charge in [0, 0.05) is 11.6 Å². The molecule has 0 saturated heterocycles. The van der Waals surface area contributed by atoms with Gasteiger partial charge in [-0.2, -0.15) is 0 Å². The maximum Gasteiger partial charge on any atom is 0.306 e. The van der Waals surface area contributed by atoms with Crippen molar-refractivity contribution in [3.05, 3.63) is 65.8 Å². The Kier molecular flexibility index (Phi) is 5.76. The summed E-state index contributed by atoms with van der Waals surface area (Å²) >= 11 is 6.41. The third kappa shape index (κ3) is 4.57. The first-order chi connectivity index (χ1) is 14.1. The predicted octanol–water partition coefficient (Wildman–Crippen LogP) is 5.52. The third-order valence-electron chi connectivity index (χ3n) is 5.34. The number of carboxylic acids is 1. The number of hydrogen-bond acceptors (Lipinski definition) is 4. The van der Waals surface area contributed by atoms with Crippen molar-refractivity contribution in [2.24, 2.45) is 5.92 Å². The average Bonchev–Trinajstić information content (AvgIpc) is 2.76. The second-order valence-corrected chi connectivity index (χ2v) is 7.79. The molecule has 0 spiro atoms. The monoisotopic (exact) mass is 407 g/mol. The largest absolute Gasteiger partial charge is 0.481 e. The van der Waals surface area contributed by atoms with Crippen LogP contribution in [0.25, 0.3) is 22.4 Å². The first kappa shape index (κ1) is 19.4. The standard InChI is InChI=1S/C23H22ClN3O2/c24-20-14-25-23(26-19-11-5-10-18(13-19)22(28)29)27-21(20)17-9-4-8-16(12-17)15-6-2-1-3-7-15/h1-4,6-9,12,14,18-19H,5,10-11,13H2,(H,28,29)(H,25,26,27). The number of benzene rings is 2. The van der Waals surface area contributed by atoms with Crippen LogP contribution in [-0.4, -0.2) is 27.1 Å². The van der Waals surface area contributed by atoms with E-state index in [9.17, 15) is 9.90 Å². The number of aromatic nitrogens is 2. The molecule has 0 aliphatic heterocycles. The lowest BCUT2D eigenvalue weighted by Gasteiger charge is -2.27. The zero-order chi connectivity index (χ0) is 20.2. The summed E-state index contributed by atoms with van der Waals surface area (Å²) in [5.74, 6) is -0.562. The van der Waals surface area contributed by atoms with E-state index in [-0.39, 0.29) is 12.0 Å². The molecule has 2 N–H and O–H groups in total. The molecule has 1 aliphatic carbocycles. The summed E-state index contributed by atoms with van der Waals surface area (Å²) in [7, 11) is 0. The highest BCUT2D eigenvalue weighted by atomic mass is 35.5. The van der Waals surface area contributed by atoms with E-state index in [0.29, 0.717) is 23.1 Å². The molecular formula is C23H22ClN3O2. The Morgan fingerprint density at radius 1 is 1.03 bits per heavy atom. The second kappa shape index (κ2) is 8.62. The molecule has 3 aromatic rings. The first-order valence-corrected chi connectivity index (χ1v) is 10.2. The Morgan fingerprint density at radius 3 is 2.59 bits per heavy atom. The fourth-order valence-electron chi connectivity index (χ4n) is 3.84. The molecule has 5 nitrogen and oxygen atoms in total. The summed E-state index contributed by atoms with van der Waals surface area (Å²) < 4.78 is 0. The predicted molar refractivity (Wildman–Crippen MR) is 115 cm³/mol. The molecule has 2 aromatic carbocycles. The highest BCUT2D eigenvalue weighted by Crippen LogP contribution is 2.31. The van der Waals surface area contributed by atoms with Crippen LogP contribution in [0.5, 0.6) is 0 Å². The van der Waals surface area contributed by atoms with Crippen molar-refractivity contribution in [2.75, 3.05) is 5.32 Å². The minimum Gasteiger partial charge on any atom is -0.481 e. The summed E-state index contributed by atoms with van der Waals surface area (Å²) in [5.41, 5.74) is 3.78. The van der Waals surface area contributed by atoms with Gasteiger partial charge in [0.15, 0.2) is 0 Å². The molecular weight excluding hydrogens is 386 g/mol. The summed E-state index contributed by atoms with van der Waals surface area (Å²) in [6.07, 6.45) is 4.70. The van der Waals surface area contributed by atoms with Crippen LogP contribution in [-0.2, 0) is 4.79 Å². The fourth-order valence-corrected chi connectivity index (χ4v) is 4.04. The number of carboxylic acid groups (broad SMARTS) is 1. The normalized spacial score (nSPS) is 18.9. The summed E-state index contributed by atoms with van der Waals surface area (Å²) in [4.78, 5) is 20.3. The minimum atomic E-state index is -0.730. The van der Waals surface area contributed by atoms with E-state index in [2.05, 4.69) is 39.6 Å². The average molecular weight is 408 g/mol. The van der Waals surface area contributed by atoms with Gasteiger partial charge in [-0.25, -0.2) is 9.97 Å². The van der Waals surface area contributed by atoms with Crippen molar-refractivity contribution in [2.45, 2.75) is 31.7 Å². The second-order valence-electron chi connectivity index (χ2n) is 7.38. The molecule has 148 valence electrons. The smallest absolute Gasteiger partial charge is 0.306 e. The van der Waals surface area contributed by atoms with Crippen LogP contribution in [0.2, 0.25) is 5.02 Å².